The summed E-state index contributed by atoms with van der Waals surface area (Å²) < 4.78 is 24.5. The lowest BCUT2D eigenvalue weighted by molar-refractivity contribution is -0.126. The van der Waals surface area contributed by atoms with E-state index in [0.29, 0.717) is 47.3 Å². The number of hydrogen-bond donors (Lipinski definition) is 1. The highest BCUT2D eigenvalue weighted by atomic mass is 35.5. The highest BCUT2D eigenvalue weighted by Gasteiger charge is 2.40. The van der Waals surface area contributed by atoms with E-state index >= 15 is 0 Å². The van der Waals surface area contributed by atoms with E-state index in [0.717, 1.165) is 5.56 Å². The number of thioether (sulfide) groups is 1. The van der Waals surface area contributed by atoms with Crippen LogP contribution < -0.4 is 5.32 Å². The van der Waals surface area contributed by atoms with Crippen molar-refractivity contribution in [2.24, 2.45) is 4.99 Å². The SMILES string of the molecule is O=C(Nc1ccc(C2S/C(=N\c3ccc(F)cc3Cl)N(Cc3ccco3)C2=O)cc1)[C@@H]1CCCN1C(=O)OCc1ccccc1. The molecule has 0 bridgehead atoms. The quantitative estimate of drug-likeness (QED) is 0.215. The first kappa shape index (κ1) is 30.4. The second-order valence-electron chi connectivity index (χ2n) is 10.5. The van der Waals surface area contributed by atoms with Crippen molar-refractivity contribution in [1.29, 1.82) is 0 Å². The van der Waals surface area contributed by atoms with Crippen LogP contribution in [0.25, 0.3) is 0 Å². The first-order valence-electron chi connectivity index (χ1n) is 14.3. The van der Waals surface area contributed by atoms with Gasteiger partial charge in [0, 0.05) is 12.2 Å². The molecular formula is C33H28ClFN4O5S. The van der Waals surface area contributed by atoms with Gasteiger partial charge >= 0.3 is 6.09 Å². The Bertz CT molecular complexity index is 1720. The average Bonchev–Trinajstić information content (AvgIpc) is 3.81. The number of nitrogens with one attached hydrogen (secondary N) is 1. The summed E-state index contributed by atoms with van der Waals surface area (Å²) in [5.41, 5.74) is 2.44. The lowest BCUT2D eigenvalue weighted by atomic mass is 10.1. The molecule has 3 amide bonds. The van der Waals surface area contributed by atoms with Crippen molar-refractivity contribution < 1.29 is 27.9 Å². The summed E-state index contributed by atoms with van der Waals surface area (Å²) >= 11 is 7.46. The number of likely N-dealkylation sites (tertiary alicyclic amines) is 1. The van der Waals surface area contributed by atoms with Gasteiger partial charge in [-0.1, -0.05) is 65.8 Å². The number of anilines is 1. The Morgan fingerprint density at radius 1 is 1.07 bits per heavy atom. The van der Waals surface area contributed by atoms with E-state index in [1.165, 1.54) is 46.0 Å². The maximum atomic E-state index is 13.6. The van der Waals surface area contributed by atoms with E-state index in [-0.39, 0.29) is 30.0 Å². The van der Waals surface area contributed by atoms with Crippen molar-refractivity contribution in [3.63, 3.8) is 0 Å². The van der Waals surface area contributed by atoms with Crippen LogP contribution in [0.4, 0.5) is 20.6 Å². The molecule has 2 fully saturated rings. The summed E-state index contributed by atoms with van der Waals surface area (Å²) in [6.07, 6.45) is 2.23. The first-order chi connectivity index (χ1) is 21.9. The number of ether oxygens (including phenoxy) is 1. The molecule has 230 valence electrons. The van der Waals surface area contributed by atoms with Crippen LogP contribution in [0.2, 0.25) is 5.02 Å². The van der Waals surface area contributed by atoms with Gasteiger partial charge in [-0.25, -0.2) is 14.2 Å². The Hall–Kier alpha value is -4.61. The molecule has 1 unspecified atom stereocenters. The molecule has 2 saturated heterocycles. The molecule has 12 heteroatoms. The molecule has 6 rings (SSSR count). The van der Waals surface area contributed by atoms with Crippen molar-refractivity contribution in [3.8, 4) is 0 Å². The summed E-state index contributed by atoms with van der Waals surface area (Å²) in [6, 6.07) is 23.1. The normalized spacial score (nSPS) is 18.9. The summed E-state index contributed by atoms with van der Waals surface area (Å²) in [5, 5.41) is 2.80. The summed E-state index contributed by atoms with van der Waals surface area (Å²) in [6.45, 7) is 0.728. The second kappa shape index (κ2) is 13.6. The number of aliphatic imine (C=N–C) groups is 1. The van der Waals surface area contributed by atoms with Gasteiger partial charge < -0.3 is 14.5 Å². The zero-order valence-corrected chi connectivity index (χ0v) is 25.5. The minimum atomic E-state index is -0.646. The minimum absolute atomic E-state index is 0.127. The van der Waals surface area contributed by atoms with E-state index < -0.39 is 23.2 Å². The third kappa shape index (κ3) is 7.05. The molecule has 3 heterocycles. The fraction of sp³-hybridized carbons (Fsp3) is 0.212. The van der Waals surface area contributed by atoms with Crippen LogP contribution in [0, 0.1) is 5.82 Å². The lowest BCUT2D eigenvalue weighted by Gasteiger charge is -2.23. The van der Waals surface area contributed by atoms with E-state index in [2.05, 4.69) is 10.3 Å². The number of furan rings is 1. The maximum absolute atomic E-state index is 13.6. The standard InChI is InChI=1S/C33H28ClFN4O5S/c34-26-18-23(35)12-15-27(26)37-32-39(19-25-8-5-17-43-25)31(41)29(45-32)22-10-13-24(14-11-22)36-30(40)28-9-4-16-38(28)33(42)44-20-21-6-2-1-3-7-21/h1-3,5-8,10-15,17-18,28-29H,4,9,16,19-20H2,(H,36,40)/b37-32-/t28-,29?/m0/s1. The van der Waals surface area contributed by atoms with E-state index in [1.807, 2.05) is 30.3 Å². The smallest absolute Gasteiger partial charge is 0.410 e. The van der Waals surface area contributed by atoms with E-state index in [9.17, 15) is 18.8 Å². The van der Waals surface area contributed by atoms with Gasteiger partial charge in [0.05, 0.1) is 23.5 Å². The molecule has 9 nitrogen and oxygen atoms in total. The van der Waals surface area contributed by atoms with Gasteiger partial charge in [-0.15, -0.1) is 0 Å². The zero-order valence-electron chi connectivity index (χ0n) is 23.9. The molecule has 2 aliphatic heterocycles. The molecule has 2 atom stereocenters. The lowest BCUT2D eigenvalue weighted by Crippen LogP contribution is -2.43. The van der Waals surface area contributed by atoms with E-state index in [1.54, 1.807) is 36.4 Å². The van der Waals surface area contributed by atoms with Gasteiger partial charge in [-0.05, 0) is 66.4 Å². The topological polar surface area (TPSA) is 104 Å². The van der Waals surface area contributed by atoms with Crippen molar-refractivity contribution in [2.75, 3.05) is 11.9 Å². The highest BCUT2D eigenvalue weighted by molar-refractivity contribution is 8.15. The molecule has 0 spiro atoms. The Kier molecular flexibility index (Phi) is 9.18. The molecular weight excluding hydrogens is 619 g/mol. The van der Waals surface area contributed by atoms with Crippen LogP contribution in [0.5, 0.6) is 0 Å². The summed E-state index contributed by atoms with van der Waals surface area (Å²) in [4.78, 5) is 47.1. The monoisotopic (exact) mass is 646 g/mol. The number of amidine groups is 1. The van der Waals surface area contributed by atoms with Crippen molar-refractivity contribution in [3.05, 3.63) is 119 Å². The summed E-state index contributed by atoms with van der Waals surface area (Å²) in [7, 11) is 0. The number of nitrogens with zero attached hydrogens (tertiary/aromatic N) is 3. The molecule has 3 aromatic carbocycles. The van der Waals surface area contributed by atoms with Crippen LogP contribution in [-0.4, -0.2) is 45.5 Å². The van der Waals surface area contributed by atoms with E-state index in [4.69, 9.17) is 20.8 Å². The fourth-order valence-corrected chi connectivity index (χ4v) is 6.53. The molecule has 0 saturated carbocycles. The third-order valence-corrected chi connectivity index (χ3v) is 8.98. The molecule has 45 heavy (non-hydrogen) atoms. The molecule has 0 aliphatic carbocycles. The Balaban J connectivity index is 1.13. The summed E-state index contributed by atoms with van der Waals surface area (Å²) in [5.74, 6) is -0.426. The fourth-order valence-electron chi connectivity index (χ4n) is 5.16. The number of halogens is 2. The minimum Gasteiger partial charge on any atom is -0.467 e. The predicted octanol–water partition coefficient (Wildman–Crippen LogP) is 7.32. The van der Waals surface area contributed by atoms with Crippen molar-refractivity contribution in [2.45, 2.75) is 37.3 Å². The zero-order chi connectivity index (χ0) is 31.3. The van der Waals surface area contributed by atoms with Crippen LogP contribution in [0.3, 0.4) is 0 Å². The number of benzene rings is 3. The largest absolute Gasteiger partial charge is 0.467 e. The maximum Gasteiger partial charge on any atom is 0.410 e. The Morgan fingerprint density at radius 3 is 2.60 bits per heavy atom. The number of carbonyl (C=O) groups is 3. The molecule has 1 N–H and O–H groups in total. The van der Waals surface area contributed by atoms with Crippen molar-refractivity contribution in [1.82, 2.24) is 9.80 Å². The van der Waals surface area contributed by atoms with Gasteiger partial charge in [0.1, 0.15) is 29.5 Å². The Labute approximate surface area is 268 Å². The van der Waals surface area contributed by atoms with Crippen LogP contribution >= 0.6 is 23.4 Å². The van der Waals surface area contributed by atoms with Crippen LogP contribution in [0.1, 0.15) is 35.0 Å². The van der Waals surface area contributed by atoms with Gasteiger partial charge in [-0.3, -0.25) is 19.4 Å². The number of hydrogen-bond acceptors (Lipinski definition) is 7. The number of amides is 3. The molecule has 1 aromatic heterocycles. The van der Waals surface area contributed by atoms with Crippen LogP contribution in [0.15, 0.2) is 101 Å². The third-order valence-electron chi connectivity index (χ3n) is 7.44. The van der Waals surface area contributed by atoms with Crippen LogP contribution in [-0.2, 0) is 27.5 Å². The molecule has 4 aromatic rings. The number of rotatable bonds is 8. The average molecular weight is 647 g/mol. The molecule has 2 aliphatic rings. The predicted molar refractivity (Wildman–Crippen MR) is 170 cm³/mol. The highest BCUT2D eigenvalue weighted by Crippen LogP contribution is 2.42. The van der Waals surface area contributed by atoms with Gasteiger partial charge in [-0.2, -0.15) is 0 Å². The van der Waals surface area contributed by atoms with Gasteiger partial charge in [0.25, 0.3) is 0 Å². The Morgan fingerprint density at radius 2 is 1.87 bits per heavy atom. The second-order valence-corrected chi connectivity index (χ2v) is 12.0. The van der Waals surface area contributed by atoms with Crippen molar-refractivity contribution >= 4 is 57.8 Å². The number of carbonyl (C=O) groups excluding carboxylic acids is 3. The first-order valence-corrected chi connectivity index (χ1v) is 15.5. The molecule has 0 radical (unpaired) electrons. The van der Waals surface area contributed by atoms with Gasteiger partial charge in [0.15, 0.2) is 5.17 Å². The van der Waals surface area contributed by atoms with Gasteiger partial charge in [0.2, 0.25) is 11.8 Å².